The summed E-state index contributed by atoms with van der Waals surface area (Å²) in [6.45, 7) is 4.01. The van der Waals surface area contributed by atoms with Crippen molar-refractivity contribution in [3.63, 3.8) is 0 Å². The number of fused-ring (bicyclic) bond motifs is 1. The van der Waals surface area contributed by atoms with Gasteiger partial charge in [0.1, 0.15) is 0 Å². The van der Waals surface area contributed by atoms with Crippen LogP contribution in [0.25, 0.3) is 5.76 Å². The first-order valence-corrected chi connectivity index (χ1v) is 6.41. The molecule has 0 amide bonds. The Bertz CT molecular complexity index is 700. The molecule has 100 valence electrons. The van der Waals surface area contributed by atoms with Crippen molar-refractivity contribution in [1.29, 1.82) is 0 Å². The third-order valence-electron chi connectivity index (χ3n) is 3.36. The van der Waals surface area contributed by atoms with Gasteiger partial charge in [-0.3, -0.25) is 4.79 Å². The quantitative estimate of drug-likeness (QED) is 0.778. The molecule has 3 nitrogen and oxygen atoms in total. The van der Waals surface area contributed by atoms with Crippen molar-refractivity contribution < 1.29 is 14.3 Å². The zero-order valence-electron chi connectivity index (χ0n) is 11.3. The van der Waals surface area contributed by atoms with Crippen LogP contribution in [0.15, 0.2) is 48.2 Å². The summed E-state index contributed by atoms with van der Waals surface area (Å²) in [4.78, 5) is 11.2. The molecule has 0 atom stereocenters. The average molecular weight is 266 g/mol. The van der Waals surface area contributed by atoms with E-state index in [1.807, 2.05) is 56.3 Å². The summed E-state index contributed by atoms with van der Waals surface area (Å²) in [5, 5.41) is 0. The fourth-order valence-corrected chi connectivity index (χ4v) is 2.12. The Morgan fingerprint density at radius 2 is 1.50 bits per heavy atom. The first-order valence-electron chi connectivity index (χ1n) is 6.41. The predicted octanol–water partition coefficient (Wildman–Crippen LogP) is 3.64. The molecule has 0 N–H and O–H groups in total. The third-order valence-corrected chi connectivity index (χ3v) is 3.36. The summed E-state index contributed by atoms with van der Waals surface area (Å²) in [6, 6.07) is 13.3. The van der Waals surface area contributed by atoms with Crippen LogP contribution in [-0.2, 0) is 4.79 Å². The van der Waals surface area contributed by atoms with Crippen LogP contribution in [0.3, 0.4) is 0 Å². The van der Waals surface area contributed by atoms with E-state index in [9.17, 15) is 4.79 Å². The summed E-state index contributed by atoms with van der Waals surface area (Å²) in [6.07, 6.45) is 0.681. The number of benzene rings is 2. The van der Waals surface area contributed by atoms with Crippen LogP contribution in [-0.4, -0.2) is 6.29 Å². The minimum atomic E-state index is 0.201. The summed E-state index contributed by atoms with van der Waals surface area (Å²) < 4.78 is 11.6. The molecule has 1 aliphatic rings. The van der Waals surface area contributed by atoms with Crippen LogP contribution in [0.4, 0.5) is 0 Å². The van der Waals surface area contributed by atoms with E-state index in [-0.39, 0.29) is 5.76 Å². The zero-order valence-corrected chi connectivity index (χ0v) is 11.3. The van der Waals surface area contributed by atoms with Gasteiger partial charge >= 0.3 is 0 Å². The first kappa shape index (κ1) is 12.5. The highest BCUT2D eigenvalue weighted by atomic mass is 16.6. The largest absolute Gasteiger partial charge is 0.449 e. The zero-order chi connectivity index (χ0) is 14.1. The van der Waals surface area contributed by atoms with Crippen molar-refractivity contribution in [2.45, 2.75) is 13.8 Å². The topological polar surface area (TPSA) is 35.5 Å². The van der Waals surface area contributed by atoms with E-state index >= 15 is 0 Å². The van der Waals surface area contributed by atoms with Gasteiger partial charge in [0.25, 0.3) is 0 Å². The number of carbonyl (C=O) groups excluding carboxylic acids is 1. The molecule has 0 saturated heterocycles. The monoisotopic (exact) mass is 266 g/mol. The number of rotatable bonds is 2. The highest BCUT2D eigenvalue weighted by Gasteiger charge is 2.23. The van der Waals surface area contributed by atoms with Gasteiger partial charge in [0, 0.05) is 5.56 Å². The molecule has 0 fully saturated rings. The van der Waals surface area contributed by atoms with Crippen molar-refractivity contribution in [2.75, 3.05) is 0 Å². The second kappa shape index (κ2) is 4.85. The summed E-state index contributed by atoms with van der Waals surface area (Å²) in [5.41, 5.74) is 3.04. The molecule has 3 rings (SSSR count). The molecule has 1 heterocycles. The van der Waals surface area contributed by atoms with Gasteiger partial charge < -0.3 is 9.47 Å². The Hall–Kier alpha value is -2.55. The molecule has 0 aromatic heterocycles. The number of hydrogen-bond donors (Lipinski definition) is 0. The molecule has 0 unspecified atom stereocenters. The van der Waals surface area contributed by atoms with Gasteiger partial charge in [-0.2, -0.15) is 0 Å². The van der Waals surface area contributed by atoms with E-state index in [1.165, 1.54) is 0 Å². The van der Waals surface area contributed by atoms with Gasteiger partial charge in [0.2, 0.25) is 5.76 Å². The summed E-state index contributed by atoms with van der Waals surface area (Å²) >= 11 is 0. The Labute approximate surface area is 117 Å². The van der Waals surface area contributed by atoms with Gasteiger partial charge in [-0.25, -0.2) is 0 Å². The third kappa shape index (κ3) is 2.07. The van der Waals surface area contributed by atoms with E-state index in [0.717, 1.165) is 16.7 Å². The average Bonchev–Trinajstić information content (AvgIpc) is 2.48. The molecule has 0 radical (unpaired) electrons. The lowest BCUT2D eigenvalue weighted by atomic mass is 10.1. The lowest BCUT2D eigenvalue weighted by Gasteiger charge is -2.22. The first-order chi connectivity index (χ1) is 9.69. The van der Waals surface area contributed by atoms with Crippen molar-refractivity contribution in [1.82, 2.24) is 0 Å². The molecular weight excluding hydrogens is 252 g/mol. The predicted molar refractivity (Wildman–Crippen MR) is 76.6 cm³/mol. The van der Waals surface area contributed by atoms with Gasteiger partial charge in [0.05, 0.1) is 0 Å². The number of aldehydes is 1. The van der Waals surface area contributed by atoms with Crippen molar-refractivity contribution in [3.8, 4) is 11.5 Å². The van der Waals surface area contributed by atoms with Crippen LogP contribution in [0.1, 0.15) is 16.7 Å². The van der Waals surface area contributed by atoms with Gasteiger partial charge in [-0.1, -0.05) is 30.3 Å². The Morgan fingerprint density at radius 3 is 2.10 bits per heavy atom. The van der Waals surface area contributed by atoms with Crippen LogP contribution < -0.4 is 9.47 Å². The minimum absolute atomic E-state index is 0.201. The molecule has 3 heteroatoms. The van der Waals surface area contributed by atoms with Gasteiger partial charge in [-0.05, 0) is 37.1 Å². The van der Waals surface area contributed by atoms with Gasteiger partial charge in [-0.15, -0.1) is 0 Å². The molecule has 20 heavy (non-hydrogen) atoms. The van der Waals surface area contributed by atoms with E-state index < -0.39 is 0 Å². The number of hydrogen-bond acceptors (Lipinski definition) is 3. The SMILES string of the molecule is Cc1cc2c(cc1C)OC(c1ccccc1)=C(C=O)O2. The van der Waals surface area contributed by atoms with Crippen LogP contribution in [0.5, 0.6) is 11.5 Å². The van der Waals surface area contributed by atoms with Crippen molar-refractivity contribution >= 4 is 12.0 Å². The van der Waals surface area contributed by atoms with E-state index in [0.29, 0.717) is 23.5 Å². The number of allylic oxidation sites excluding steroid dienone is 1. The highest BCUT2D eigenvalue weighted by Crippen LogP contribution is 2.39. The van der Waals surface area contributed by atoms with E-state index in [1.54, 1.807) is 0 Å². The lowest BCUT2D eigenvalue weighted by Crippen LogP contribution is -2.12. The van der Waals surface area contributed by atoms with Gasteiger partial charge in [0.15, 0.2) is 23.5 Å². The number of carbonyl (C=O) groups is 1. The standard InChI is InChI=1S/C17H14O3/c1-11-8-14-15(9-12(11)2)20-17(16(10-18)19-14)13-6-4-3-5-7-13/h3-10H,1-2H3. The maximum atomic E-state index is 11.2. The number of aryl methyl sites for hydroxylation is 2. The van der Waals surface area contributed by atoms with Crippen molar-refractivity contribution in [2.24, 2.45) is 0 Å². The molecule has 0 bridgehead atoms. The summed E-state index contributed by atoms with van der Waals surface area (Å²) in [5.74, 6) is 1.87. The maximum Gasteiger partial charge on any atom is 0.210 e. The molecular formula is C17H14O3. The molecule has 2 aromatic rings. The Morgan fingerprint density at radius 1 is 0.900 bits per heavy atom. The highest BCUT2D eigenvalue weighted by molar-refractivity contribution is 5.86. The second-order valence-corrected chi connectivity index (χ2v) is 4.76. The van der Waals surface area contributed by atoms with Crippen molar-refractivity contribution in [3.05, 3.63) is 64.9 Å². The summed E-state index contributed by atoms with van der Waals surface area (Å²) in [7, 11) is 0. The normalized spacial score (nSPS) is 13.3. The van der Waals surface area contributed by atoms with Crippen LogP contribution >= 0.6 is 0 Å². The minimum Gasteiger partial charge on any atom is -0.449 e. The maximum absolute atomic E-state index is 11.2. The van der Waals surface area contributed by atoms with Crippen LogP contribution in [0, 0.1) is 13.8 Å². The molecule has 0 aliphatic carbocycles. The Balaban J connectivity index is 2.09. The van der Waals surface area contributed by atoms with E-state index in [2.05, 4.69) is 0 Å². The molecule has 1 aliphatic heterocycles. The molecule has 0 spiro atoms. The fourth-order valence-electron chi connectivity index (χ4n) is 2.12. The molecule has 2 aromatic carbocycles. The van der Waals surface area contributed by atoms with E-state index in [4.69, 9.17) is 9.47 Å². The Kier molecular flexibility index (Phi) is 3.03. The molecule has 0 saturated carbocycles. The fraction of sp³-hybridized carbons (Fsp3) is 0.118. The second-order valence-electron chi connectivity index (χ2n) is 4.76. The smallest absolute Gasteiger partial charge is 0.210 e. The lowest BCUT2D eigenvalue weighted by molar-refractivity contribution is -0.106. The van der Waals surface area contributed by atoms with Crippen LogP contribution in [0.2, 0.25) is 0 Å². The number of ether oxygens (including phenoxy) is 2.